The van der Waals surface area contributed by atoms with Crippen LogP contribution in [0, 0.1) is 23.3 Å². The van der Waals surface area contributed by atoms with Gasteiger partial charge in [-0.1, -0.05) is 0 Å². The van der Waals surface area contributed by atoms with E-state index in [1.54, 1.807) is 0 Å². The Labute approximate surface area is 220 Å². The third-order valence-electron chi connectivity index (χ3n) is 5.59. The van der Waals surface area contributed by atoms with Crippen LogP contribution in [0.5, 0.6) is 5.75 Å². The Morgan fingerprint density at radius 2 is 1.73 bits per heavy atom. The first-order chi connectivity index (χ1) is 18.6. The van der Waals surface area contributed by atoms with Crippen LogP contribution in [-0.2, 0) is 31.9 Å². The number of hydrogen-bond acceptors (Lipinski definition) is 7. The van der Waals surface area contributed by atoms with Crippen LogP contribution < -0.4 is 10.1 Å². The zero-order valence-corrected chi connectivity index (χ0v) is 20.2. The Morgan fingerprint density at radius 3 is 2.27 bits per heavy atom. The lowest BCUT2D eigenvalue weighted by Gasteiger charge is -2.33. The number of furan rings is 1. The highest BCUT2D eigenvalue weighted by Gasteiger charge is 2.35. The molecule has 2 amide bonds. The Morgan fingerprint density at radius 1 is 1.07 bits per heavy atom. The Kier molecular flexibility index (Phi) is 9.39. The van der Waals surface area contributed by atoms with Crippen molar-refractivity contribution in [2.45, 2.75) is 25.2 Å². The maximum Gasteiger partial charge on any atom is 0.449 e. The molecule has 0 bridgehead atoms. The second kappa shape index (κ2) is 12.4. The highest BCUT2D eigenvalue weighted by molar-refractivity contribution is 5.93. The van der Waals surface area contributed by atoms with E-state index in [4.69, 9.17) is 9.52 Å². The molecule has 1 aromatic carbocycles. The van der Waals surface area contributed by atoms with E-state index in [2.05, 4.69) is 10.1 Å². The van der Waals surface area contributed by atoms with Crippen molar-refractivity contribution >= 4 is 23.6 Å². The van der Waals surface area contributed by atoms with Crippen LogP contribution in [0.1, 0.15) is 17.9 Å². The zero-order chi connectivity index (χ0) is 29.8. The molecule has 218 valence electrons. The van der Waals surface area contributed by atoms with Crippen molar-refractivity contribution in [2.75, 3.05) is 32.8 Å². The molecule has 17 heteroatoms. The van der Waals surface area contributed by atoms with Gasteiger partial charge >= 0.3 is 12.1 Å². The fraction of sp³-hybridized carbons (Fsp3) is 0.391. The fourth-order valence-electron chi connectivity index (χ4n) is 3.65. The van der Waals surface area contributed by atoms with E-state index in [9.17, 15) is 49.9 Å². The van der Waals surface area contributed by atoms with Crippen molar-refractivity contribution in [2.24, 2.45) is 0 Å². The normalized spacial score (nSPS) is 15.2. The summed E-state index contributed by atoms with van der Waals surface area (Å²) in [7, 11) is 0. The second-order valence-electron chi connectivity index (χ2n) is 8.56. The minimum absolute atomic E-state index is 0.000806. The van der Waals surface area contributed by atoms with Crippen molar-refractivity contribution < 1.29 is 64.2 Å². The Hall–Kier alpha value is -4.15. The molecule has 1 aliphatic rings. The summed E-state index contributed by atoms with van der Waals surface area (Å²) in [6.07, 6.45) is -5.67. The summed E-state index contributed by atoms with van der Waals surface area (Å²) in [5.74, 6) is -14.6. The highest BCUT2D eigenvalue weighted by atomic mass is 19.4. The number of nitrogens with one attached hydrogen (secondary N) is 1. The quantitative estimate of drug-likeness (QED) is 0.304. The molecule has 0 spiro atoms. The highest BCUT2D eigenvalue weighted by Crippen LogP contribution is 2.31. The second-order valence-corrected chi connectivity index (χ2v) is 8.56. The van der Waals surface area contributed by atoms with Gasteiger partial charge in [-0.05, 0) is 12.1 Å². The summed E-state index contributed by atoms with van der Waals surface area (Å²) in [6, 6.07) is -0.0533. The Balaban J connectivity index is 1.55. The van der Waals surface area contributed by atoms with Crippen LogP contribution >= 0.6 is 0 Å². The van der Waals surface area contributed by atoms with E-state index in [-0.39, 0.29) is 38.0 Å². The van der Waals surface area contributed by atoms with Crippen LogP contribution in [0.2, 0.25) is 0 Å². The van der Waals surface area contributed by atoms with Crippen LogP contribution in [0.15, 0.2) is 22.6 Å². The van der Waals surface area contributed by atoms with Gasteiger partial charge in [0.05, 0.1) is 26.1 Å². The lowest BCUT2D eigenvalue weighted by Crippen LogP contribution is -2.54. The molecule has 40 heavy (non-hydrogen) atoms. The fourth-order valence-corrected chi connectivity index (χ4v) is 3.65. The molecule has 2 heterocycles. The number of carboxylic acids is 1. The SMILES string of the molecule is O=C(O)CC(NC(=O)CN1CCN(Cc2ccc(C(F)(F)F)o2)C(=O)C1)C(=O)COc1c(F)c(F)cc(F)c1F. The van der Waals surface area contributed by atoms with Gasteiger partial charge in [0.2, 0.25) is 29.2 Å². The van der Waals surface area contributed by atoms with Gasteiger partial charge in [-0.2, -0.15) is 22.0 Å². The molecule has 10 nitrogen and oxygen atoms in total. The number of carboxylic acid groups (broad SMARTS) is 1. The van der Waals surface area contributed by atoms with Gasteiger partial charge in [-0.3, -0.25) is 24.1 Å². The maximum atomic E-state index is 13.7. The lowest BCUT2D eigenvalue weighted by molar-refractivity contribution is -0.153. The summed E-state index contributed by atoms with van der Waals surface area (Å²) < 4.78 is 101. The minimum atomic E-state index is -4.69. The summed E-state index contributed by atoms with van der Waals surface area (Å²) in [6.45, 7) is -2.27. The molecule has 1 atom stereocenters. The number of hydrogen-bond donors (Lipinski definition) is 2. The zero-order valence-electron chi connectivity index (χ0n) is 20.2. The van der Waals surface area contributed by atoms with Gasteiger partial charge < -0.3 is 24.5 Å². The van der Waals surface area contributed by atoms with Gasteiger partial charge in [-0.15, -0.1) is 0 Å². The number of aliphatic carboxylic acids is 1. The summed E-state index contributed by atoms with van der Waals surface area (Å²) >= 11 is 0. The average Bonchev–Trinajstić information content (AvgIpc) is 3.33. The first kappa shape index (κ1) is 30.4. The smallest absolute Gasteiger partial charge is 0.449 e. The van der Waals surface area contributed by atoms with Crippen LogP contribution in [0.3, 0.4) is 0 Å². The molecule has 1 fully saturated rings. The summed E-state index contributed by atoms with van der Waals surface area (Å²) in [5.41, 5.74) is 0. The number of ether oxygens (including phenoxy) is 1. The molecule has 2 aromatic rings. The van der Waals surface area contributed by atoms with Crippen molar-refractivity contribution in [1.82, 2.24) is 15.1 Å². The molecule has 1 aromatic heterocycles. The first-order valence-electron chi connectivity index (χ1n) is 11.3. The van der Waals surface area contributed by atoms with Crippen molar-refractivity contribution in [3.63, 3.8) is 0 Å². The number of alkyl halides is 3. The molecular weight excluding hydrogens is 563 g/mol. The molecule has 1 aliphatic heterocycles. The summed E-state index contributed by atoms with van der Waals surface area (Å²) in [4.78, 5) is 51.0. The third kappa shape index (κ3) is 7.71. The Bertz CT molecular complexity index is 1270. The average molecular weight is 583 g/mol. The lowest BCUT2D eigenvalue weighted by atomic mass is 10.1. The molecule has 1 saturated heterocycles. The predicted octanol–water partition coefficient (Wildman–Crippen LogP) is 2.11. The number of amides is 2. The largest absolute Gasteiger partial charge is 0.481 e. The molecule has 3 rings (SSSR count). The van der Waals surface area contributed by atoms with Crippen molar-refractivity contribution in [3.8, 4) is 5.75 Å². The molecule has 2 N–H and O–H groups in total. The van der Waals surface area contributed by atoms with E-state index < -0.39 is 90.1 Å². The van der Waals surface area contributed by atoms with Gasteiger partial charge in [0.25, 0.3) is 0 Å². The standard InChI is InChI=1S/C23H20F7N3O7/c24-12-5-13(25)21(27)22(20(12)26)39-10-15(34)14(6-19(37)38)31-17(35)8-32-3-4-33(18(36)9-32)7-11-1-2-16(40-11)23(28,29)30/h1-2,5,14H,3-4,6-10H2,(H,31,35)(H,37,38). The van der Waals surface area contributed by atoms with E-state index in [1.165, 1.54) is 9.80 Å². The molecule has 1 unspecified atom stereocenters. The van der Waals surface area contributed by atoms with Gasteiger partial charge in [-0.25, -0.2) is 8.78 Å². The van der Waals surface area contributed by atoms with Crippen molar-refractivity contribution in [3.05, 3.63) is 53.0 Å². The first-order valence-corrected chi connectivity index (χ1v) is 11.3. The number of nitrogens with zero attached hydrogens (tertiary/aromatic N) is 2. The van der Waals surface area contributed by atoms with Gasteiger partial charge in [0.15, 0.2) is 23.2 Å². The molecule has 0 saturated carbocycles. The van der Waals surface area contributed by atoms with Gasteiger partial charge in [0.1, 0.15) is 18.4 Å². The van der Waals surface area contributed by atoms with Crippen LogP contribution in [0.4, 0.5) is 30.7 Å². The molecular formula is C23H20F7N3O7. The number of ketones is 1. The predicted molar refractivity (Wildman–Crippen MR) is 117 cm³/mol. The monoisotopic (exact) mass is 583 g/mol. The number of carbonyl (C=O) groups excluding carboxylic acids is 3. The molecule has 0 aliphatic carbocycles. The van der Waals surface area contributed by atoms with Crippen molar-refractivity contribution in [1.29, 1.82) is 0 Å². The van der Waals surface area contributed by atoms with E-state index in [0.29, 0.717) is 0 Å². The summed E-state index contributed by atoms with van der Waals surface area (Å²) in [5, 5.41) is 11.1. The van der Waals surface area contributed by atoms with E-state index in [0.717, 1.165) is 12.1 Å². The van der Waals surface area contributed by atoms with Gasteiger partial charge in [0, 0.05) is 19.2 Å². The van der Waals surface area contributed by atoms with Crippen LogP contribution in [-0.4, -0.2) is 77.3 Å². The number of rotatable bonds is 11. The number of Topliss-reactive ketones (excluding diaryl/α,β-unsaturated/α-hetero) is 1. The number of halogens is 7. The van der Waals surface area contributed by atoms with E-state index >= 15 is 0 Å². The topological polar surface area (TPSA) is 129 Å². The maximum absolute atomic E-state index is 13.7. The number of piperazine rings is 1. The minimum Gasteiger partial charge on any atom is -0.481 e. The third-order valence-corrected chi connectivity index (χ3v) is 5.59. The van der Waals surface area contributed by atoms with E-state index in [1.807, 2.05) is 0 Å². The number of benzene rings is 1. The number of carbonyl (C=O) groups is 4. The van der Waals surface area contributed by atoms with Crippen LogP contribution in [0.25, 0.3) is 0 Å². The molecule has 0 radical (unpaired) electrons.